The Kier molecular flexibility index (Phi) is 5.95. The third kappa shape index (κ3) is 4.55. The number of halogens is 2. The van der Waals surface area contributed by atoms with Crippen LogP contribution in [0.1, 0.15) is 25.5 Å². The van der Waals surface area contributed by atoms with Crippen molar-refractivity contribution in [3.05, 3.63) is 47.5 Å². The fourth-order valence-electron chi connectivity index (χ4n) is 1.56. The van der Waals surface area contributed by atoms with Crippen LogP contribution in [0.4, 0.5) is 8.78 Å². The third-order valence-electron chi connectivity index (χ3n) is 2.49. The average Bonchev–Trinajstić information content (AvgIpc) is 2.31. The molecule has 18 heavy (non-hydrogen) atoms. The molecule has 0 bridgehead atoms. The first-order valence-corrected chi connectivity index (χ1v) is 5.91. The molecule has 0 aliphatic heterocycles. The van der Waals surface area contributed by atoms with Gasteiger partial charge in [0.15, 0.2) is 11.6 Å². The zero-order chi connectivity index (χ0) is 13.5. The molecule has 100 valence electrons. The first kappa shape index (κ1) is 14.8. The Balaban J connectivity index is 2.38. The van der Waals surface area contributed by atoms with Gasteiger partial charge in [-0.15, -0.1) is 0 Å². The first-order valence-electron chi connectivity index (χ1n) is 5.91. The summed E-state index contributed by atoms with van der Waals surface area (Å²) in [4.78, 5) is 0. The molecule has 0 radical (unpaired) electrons. The van der Waals surface area contributed by atoms with Crippen molar-refractivity contribution < 1.29 is 13.5 Å². The van der Waals surface area contributed by atoms with Crippen molar-refractivity contribution in [3.8, 4) is 0 Å². The summed E-state index contributed by atoms with van der Waals surface area (Å²) >= 11 is 0. The Morgan fingerprint density at radius 1 is 1.44 bits per heavy atom. The normalized spacial score (nSPS) is 12.4. The van der Waals surface area contributed by atoms with E-state index in [2.05, 4.69) is 11.9 Å². The molecular formula is C14H19F2NO. The highest BCUT2D eigenvalue weighted by atomic mass is 19.2. The molecule has 0 amide bonds. The largest absolute Gasteiger partial charge is 0.376 e. The second-order valence-electron chi connectivity index (χ2n) is 4.33. The zero-order valence-corrected chi connectivity index (χ0v) is 10.8. The zero-order valence-electron chi connectivity index (χ0n) is 10.8. The molecule has 0 aromatic heterocycles. The van der Waals surface area contributed by atoms with E-state index in [1.807, 2.05) is 6.92 Å². The van der Waals surface area contributed by atoms with Crippen LogP contribution in [-0.4, -0.2) is 19.8 Å². The number of hydrogen-bond acceptors (Lipinski definition) is 2. The number of ether oxygens (including phenoxy) is 1. The lowest BCUT2D eigenvalue weighted by atomic mass is 10.1. The first-order chi connectivity index (χ1) is 8.52. The van der Waals surface area contributed by atoms with Crippen LogP contribution >= 0.6 is 0 Å². The van der Waals surface area contributed by atoms with E-state index in [-0.39, 0.29) is 6.04 Å². The van der Waals surface area contributed by atoms with Gasteiger partial charge in [0.2, 0.25) is 0 Å². The standard InChI is InChI=1S/C14H19F2NO/c1-10(2)9-18-8-7-17-11(3)12-5-4-6-13(15)14(12)16/h4-6,11,17H,1,7-9H2,2-3H3. The van der Waals surface area contributed by atoms with Gasteiger partial charge in [-0.05, 0) is 19.9 Å². The molecule has 0 saturated carbocycles. The van der Waals surface area contributed by atoms with Crippen LogP contribution in [-0.2, 0) is 4.74 Å². The molecule has 0 fully saturated rings. The van der Waals surface area contributed by atoms with E-state index >= 15 is 0 Å². The smallest absolute Gasteiger partial charge is 0.163 e. The molecule has 0 spiro atoms. The summed E-state index contributed by atoms with van der Waals surface area (Å²) in [6.07, 6.45) is 0. The van der Waals surface area contributed by atoms with Gasteiger partial charge < -0.3 is 10.1 Å². The molecule has 0 saturated heterocycles. The van der Waals surface area contributed by atoms with Crippen molar-refractivity contribution >= 4 is 0 Å². The Morgan fingerprint density at radius 3 is 2.83 bits per heavy atom. The van der Waals surface area contributed by atoms with E-state index < -0.39 is 11.6 Å². The SMILES string of the molecule is C=C(C)COCCNC(C)c1cccc(F)c1F. The number of rotatable bonds is 7. The van der Waals surface area contributed by atoms with Crippen molar-refractivity contribution in [3.63, 3.8) is 0 Å². The Bertz CT molecular complexity index is 407. The molecule has 4 heteroatoms. The molecule has 1 aromatic rings. The molecule has 1 unspecified atom stereocenters. The molecule has 1 N–H and O–H groups in total. The van der Waals surface area contributed by atoms with Gasteiger partial charge in [-0.2, -0.15) is 0 Å². The summed E-state index contributed by atoms with van der Waals surface area (Å²) in [6.45, 7) is 9.00. The van der Waals surface area contributed by atoms with Gasteiger partial charge in [-0.3, -0.25) is 0 Å². The Morgan fingerprint density at radius 2 is 2.17 bits per heavy atom. The lowest BCUT2D eigenvalue weighted by Gasteiger charge is -2.15. The van der Waals surface area contributed by atoms with Gasteiger partial charge in [0.05, 0.1) is 13.2 Å². The van der Waals surface area contributed by atoms with Gasteiger partial charge in [-0.1, -0.05) is 24.3 Å². The van der Waals surface area contributed by atoms with Crippen LogP contribution in [0.25, 0.3) is 0 Å². The summed E-state index contributed by atoms with van der Waals surface area (Å²) in [5, 5.41) is 3.08. The highest BCUT2D eigenvalue weighted by Crippen LogP contribution is 2.18. The van der Waals surface area contributed by atoms with Gasteiger partial charge in [-0.25, -0.2) is 8.78 Å². The van der Waals surface area contributed by atoms with Crippen LogP contribution in [0.3, 0.4) is 0 Å². The van der Waals surface area contributed by atoms with Crippen LogP contribution in [0, 0.1) is 11.6 Å². The lowest BCUT2D eigenvalue weighted by molar-refractivity contribution is 0.155. The number of hydrogen-bond donors (Lipinski definition) is 1. The molecule has 2 nitrogen and oxygen atoms in total. The minimum Gasteiger partial charge on any atom is -0.376 e. The van der Waals surface area contributed by atoms with E-state index in [9.17, 15) is 8.78 Å². The quantitative estimate of drug-likeness (QED) is 0.596. The van der Waals surface area contributed by atoms with Crippen LogP contribution in [0.15, 0.2) is 30.4 Å². The maximum atomic E-state index is 13.5. The van der Waals surface area contributed by atoms with Crippen LogP contribution in [0.2, 0.25) is 0 Å². The van der Waals surface area contributed by atoms with Crippen molar-refractivity contribution in [1.82, 2.24) is 5.32 Å². The van der Waals surface area contributed by atoms with Gasteiger partial charge in [0.1, 0.15) is 0 Å². The monoisotopic (exact) mass is 255 g/mol. The summed E-state index contributed by atoms with van der Waals surface area (Å²) in [5.41, 5.74) is 1.29. The minimum absolute atomic E-state index is 0.255. The van der Waals surface area contributed by atoms with E-state index in [1.54, 1.807) is 13.0 Å². The minimum atomic E-state index is -0.820. The van der Waals surface area contributed by atoms with E-state index in [4.69, 9.17) is 4.74 Å². The van der Waals surface area contributed by atoms with Crippen LogP contribution in [0.5, 0.6) is 0 Å². The molecule has 0 aliphatic carbocycles. The lowest BCUT2D eigenvalue weighted by Crippen LogP contribution is -2.24. The van der Waals surface area contributed by atoms with Crippen LogP contribution < -0.4 is 5.32 Å². The highest BCUT2D eigenvalue weighted by molar-refractivity contribution is 5.21. The predicted octanol–water partition coefficient (Wildman–Crippen LogP) is 3.21. The predicted molar refractivity (Wildman–Crippen MR) is 68.4 cm³/mol. The topological polar surface area (TPSA) is 21.3 Å². The van der Waals surface area contributed by atoms with E-state index in [0.717, 1.165) is 11.6 Å². The van der Waals surface area contributed by atoms with Crippen molar-refractivity contribution in [1.29, 1.82) is 0 Å². The van der Waals surface area contributed by atoms with Crippen molar-refractivity contribution in [2.24, 2.45) is 0 Å². The average molecular weight is 255 g/mol. The highest BCUT2D eigenvalue weighted by Gasteiger charge is 2.13. The third-order valence-corrected chi connectivity index (χ3v) is 2.49. The van der Waals surface area contributed by atoms with E-state index in [1.165, 1.54) is 6.07 Å². The Labute approximate surface area is 107 Å². The molecule has 0 aliphatic rings. The molecule has 1 rings (SSSR count). The van der Waals surface area contributed by atoms with Gasteiger partial charge in [0, 0.05) is 18.2 Å². The fraction of sp³-hybridized carbons (Fsp3) is 0.429. The molecule has 1 aromatic carbocycles. The second-order valence-corrected chi connectivity index (χ2v) is 4.33. The van der Waals surface area contributed by atoms with Gasteiger partial charge in [0.25, 0.3) is 0 Å². The number of nitrogens with one attached hydrogen (secondary N) is 1. The summed E-state index contributed by atoms with van der Waals surface area (Å²) in [7, 11) is 0. The summed E-state index contributed by atoms with van der Waals surface area (Å²) < 4.78 is 31.8. The Hall–Kier alpha value is -1.26. The molecule has 0 heterocycles. The van der Waals surface area contributed by atoms with E-state index in [0.29, 0.717) is 25.3 Å². The molecular weight excluding hydrogens is 236 g/mol. The van der Waals surface area contributed by atoms with Crippen molar-refractivity contribution in [2.75, 3.05) is 19.8 Å². The molecule has 1 atom stereocenters. The maximum Gasteiger partial charge on any atom is 0.163 e. The summed E-state index contributed by atoms with van der Waals surface area (Å²) in [5.74, 6) is -1.61. The summed E-state index contributed by atoms with van der Waals surface area (Å²) in [6, 6.07) is 3.93. The van der Waals surface area contributed by atoms with Gasteiger partial charge >= 0.3 is 0 Å². The second kappa shape index (κ2) is 7.24. The fourth-order valence-corrected chi connectivity index (χ4v) is 1.56. The van der Waals surface area contributed by atoms with Crippen molar-refractivity contribution in [2.45, 2.75) is 19.9 Å². The maximum absolute atomic E-state index is 13.5. The number of benzene rings is 1.